The van der Waals surface area contributed by atoms with Gasteiger partial charge in [0.25, 0.3) is 10.0 Å². The highest BCUT2D eigenvalue weighted by atomic mass is 32.2. The monoisotopic (exact) mass is 389 g/mol. The third kappa shape index (κ3) is 3.52. The number of nitrogens with zero attached hydrogens (tertiary/aromatic N) is 4. The van der Waals surface area contributed by atoms with Gasteiger partial charge in [-0.15, -0.1) is 0 Å². The number of anilines is 1. The fourth-order valence-electron chi connectivity index (χ4n) is 3.22. The van der Waals surface area contributed by atoms with E-state index in [0.29, 0.717) is 18.1 Å². The van der Waals surface area contributed by atoms with Gasteiger partial charge in [-0.25, -0.2) is 27.5 Å². The number of rotatable bonds is 5. The Kier molecular flexibility index (Phi) is 4.56. The first-order valence-electron chi connectivity index (χ1n) is 8.70. The molecule has 142 valence electrons. The van der Waals surface area contributed by atoms with Gasteiger partial charge >= 0.3 is 0 Å². The van der Waals surface area contributed by atoms with Crippen LogP contribution in [0, 0.1) is 5.92 Å². The van der Waals surface area contributed by atoms with Crippen molar-refractivity contribution < 1.29 is 12.8 Å². The molecule has 2 atom stereocenters. The van der Waals surface area contributed by atoms with Crippen LogP contribution in [0.1, 0.15) is 12.6 Å². The van der Waals surface area contributed by atoms with Crippen LogP contribution in [0.15, 0.2) is 53.9 Å². The topological polar surface area (TPSA) is 79.6 Å². The van der Waals surface area contributed by atoms with E-state index >= 15 is 0 Å². The number of hydrogen-bond acceptors (Lipinski definition) is 5. The molecule has 0 aliphatic carbocycles. The van der Waals surface area contributed by atoms with Crippen LogP contribution in [-0.4, -0.2) is 42.0 Å². The molecular formula is C18H20FN5O2S. The number of hydrogen-bond donors (Lipinski definition) is 1. The highest BCUT2D eigenvalue weighted by molar-refractivity contribution is 7.89. The molecule has 1 saturated heterocycles. The van der Waals surface area contributed by atoms with E-state index in [9.17, 15) is 12.8 Å². The van der Waals surface area contributed by atoms with Gasteiger partial charge in [0.15, 0.2) is 5.03 Å². The summed E-state index contributed by atoms with van der Waals surface area (Å²) in [6, 6.07) is 10.4. The van der Waals surface area contributed by atoms with Gasteiger partial charge < -0.3 is 9.30 Å². The Morgan fingerprint density at radius 3 is 2.85 bits per heavy atom. The second-order valence-electron chi connectivity index (χ2n) is 6.74. The Bertz CT molecular complexity index is 1060. The minimum atomic E-state index is -3.81. The molecule has 0 spiro atoms. The lowest BCUT2D eigenvalue weighted by atomic mass is 10.1. The first-order chi connectivity index (χ1) is 12.9. The summed E-state index contributed by atoms with van der Waals surface area (Å²) in [4.78, 5) is 10.3. The first kappa shape index (κ1) is 17.9. The van der Waals surface area contributed by atoms with Crippen LogP contribution in [0.5, 0.6) is 0 Å². The molecule has 1 fully saturated rings. The van der Waals surface area contributed by atoms with Crippen molar-refractivity contribution in [3.63, 3.8) is 0 Å². The Hall–Kier alpha value is -2.52. The predicted octanol–water partition coefficient (Wildman–Crippen LogP) is 2.00. The maximum absolute atomic E-state index is 13.8. The van der Waals surface area contributed by atoms with E-state index in [4.69, 9.17) is 0 Å². The zero-order valence-electron chi connectivity index (χ0n) is 14.8. The molecule has 0 amide bonds. The lowest BCUT2D eigenvalue weighted by molar-refractivity contribution is 0.299. The van der Waals surface area contributed by atoms with Gasteiger partial charge in [-0.3, -0.25) is 0 Å². The van der Waals surface area contributed by atoms with Crippen molar-refractivity contribution in [3.8, 4) is 0 Å². The molecule has 1 N–H and O–H groups in total. The number of fused-ring (bicyclic) bond motifs is 1. The van der Waals surface area contributed by atoms with Gasteiger partial charge in [0, 0.05) is 18.7 Å². The van der Waals surface area contributed by atoms with Crippen molar-refractivity contribution in [1.82, 2.24) is 19.1 Å². The van der Waals surface area contributed by atoms with Gasteiger partial charge in [0.1, 0.15) is 12.0 Å². The Labute approximate surface area is 156 Å². The fourth-order valence-corrected chi connectivity index (χ4v) is 4.16. The second kappa shape index (κ2) is 6.90. The SMILES string of the molecule is C[C@@H]1CN(c2cccc(S(=O)(=O)NCc3ncn4ccccc34)n2)C[C@@H]1F. The van der Waals surface area contributed by atoms with Crippen LogP contribution in [0.25, 0.3) is 5.52 Å². The average Bonchev–Trinajstić information content (AvgIpc) is 3.24. The molecule has 1 aliphatic rings. The average molecular weight is 389 g/mol. The van der Waals surface area contributed by atoms with Gasteiger partial charge in [-0.2, -0.15) is 0 Å². The first-order valence-corrected chi connectivity index (χ1v) is 10.2. The number of sulfonamides is 1. The zero-order valence-corrected chi connectivity index (χ0v) is 15.6. The highest BCUT2D eigenvalue weighted by Crippen LogP contribution is 2.25. The number of halogens is 1. The third-order valence-electron chi connectivity index (χ3n) is 4.78. The van der Waals surface area contributed by atoms with Crippen molar-refractivity contribution in [2.75, 3.05) is 18.0 Å². The molecule has 7 nitrogen and oxygen atoms in total. The van der Waals surface area contributed by atoms with Crippen molar-refractivity contribution in [2.45, 2.75) is 24.7 Å². The van der Waals surface area contributed by atoms with Crippen molar-refractivity contribution >= 4 is 21.4 Å². The number of nitrogens with one attached hydrogen (secondary N) is 1. The van der Waals surface area contributed by atoms with E-state index in [1.165, 1.54) is 6.07 Å². The highest BCUT2D eigenvalue weighted by Gasteiger charge is 2.30. The largest absolute Gasteiger partial charge is 0.353 e. The lowest BCUT2D eigenvalue weighted by Crippen LogP contribution is -2.26. The Morgan fingerprint density at radius 1 is 1.22 bits per heavy atom. The van der Waals surface area contributed by atoms with Gasteiger partial charge in [0.05, 0.1) is 30.6 Å². The number of alkyl halides is 1. The second-order valence-corrected chi connectivity index (χ2v) is 8.46. The minimum Gasteiger partial charge on any atom is -0.353 e. The smallest absolute Gasteiger partial charge is 0.258 e. The molecule has 0 aromatic carbocycles. The molecule has 0 radical (unpaired) electrons. The van der Waals surface area contributed by atoms with Gasteiger partial charge in [0.2, 0.25) is 0 Å². The summed E-state index contributed by atoms with van der Waals surface area (Å²) in [6.07, 6.45) is 2.56. The maximum atomic E-state index is 13.8. The van der Waals surface area contributed by atoms with Crippen molar-refractivity contribution in [2.24, 2.45) is 5.92 Å². The van der Waals surface area contributed by atoms with Crippen LogP contribution >= 0.6 is 0 Å². The molecule has 3 aromatic heterocycles. The molecule has 3 aromatic rings. The van der Waals surface area contributed by atoms with E-state index in [1.54, 1.807) is 23.4 Å². The molecule has 9 heteroatoms. The van der Waals surface area contributed by atoms with Crippen LogP contribution in [0.3, 0.4) is 0 Å². The molecule has 0 bridgehead atoms. The Balaban J connectivity index is 1.53. The van der Waals surface area contributed by atoms with E-state index in [0.717, 1.165) is 5.52 Å². The molecular weight excluding hydrogens is 369 g/mol. The summed E-state index contributed by atoms with van der Waals surface area (Å²) in [5.41, 5.74) is 1.46. The van der Waals surface area contributed by atoms with Crippen molar-refractivity contribution in [1.29, 1.82) is 0 Å². The summed E-state index contributed by atoms with van der Waals surface area (Å²) >= 11 is 0. The van der Waals surface area contributed by atoms with E-state index in [-0.39, 0.29) is 24.0 Å². The molecule has 27 heavy (non-hydrogen) atoms. The summed E-state index contributed by atoms with van der Waals surface area (Å²) in [5, 5.41) is -0.0847. The molecule has 4 rings (SSSR count). The quantitative estimate of drug-likeness (QED) is 0.722. The van der Waals surface area contributed by atoms with Crippen molar-refractivity contribution in [3.05, 3.63) is 54.6 Å². The molecule has 0 saturated carbocycles. The number of aromatic nitrogens is 3. The third-order valence-corrected chi connectivity index (χ3v) is 6.08. The molecule has 0 unspecified atom stereocenters. The number of imidazole rings is 1. The zero-order chi connectivity index (χ0) is 19.0. The van der Waals surface area contributed by atoms with Crippen LogP contribution in [0.2, 0.25) is 0 Å². The molecule has 4 heterocycles. The summed E-state index contributed by atoms with van der Waals surface area (Å²) in [7, 11) is -3.81. The van der Waals surface area contributed by atoms with E-state index in [1.807, 2.05) is 35.7 Å². The normalized spacial score (nSPS) is 20.4. The van der Waals surface area contributed by atoms with Gasteiger partial charge in [-0.05, 0) is 24.3 Å². The predicted molar refractivity (Wildman–Crippen MR) is 99.7 cm³/mol. The van der Waals surface area contributed by atoms with Crippen LogP contribution in [-0.2, 0) is 16.6 Å². The standard InChI is InChI=1S/C18H20FN5O2S/c1-13-10-24(11-14(13)19)17-6-4-7-18(22-17)27(25,26)21-9-15-16-5-2-3-8-23(16)12-20-15/h2-8,12-14,21H,9-11H2,1H3/t13-,14+/m1/s1. The summed E-state index contributed by atoms with van der Waals surface area (Å²) in [5.74, 6) is 0.372. The van der Waals surface area contributed by atoms with E-state index in [2.05, 4.69) is 14.7 Å². The Morgan fingerprint density at radius 2 is 2.07 bits per heavy atom. The lowest BCUT2D eigenvalue weighted by Gasteiger charge is -2.17. The van der Waals surface area contributed by atoms with E-state index < -0.39 is 16.2 Å². The minimum absolute atomic E-state index is 0.0576. The summed E-state index contributed by atoms with van der Waals surface area (Å²) < 4.78 is 43.5. The fraction of sp³-hybridized carbons (Fsp3) is 0.333. The van der Waals surface area contributed by atoms with Crippen LogP contribution in [0.4, 0.5) is 10.2 Å². The maximum Gasteiger partial charge on any atom is 0.258 e. The van der Waals surface area contributed by atoms with Gasteiger partial charge in [-0.1, -0.05) is 19.1 Å². The molecule has 1 aliphatic heterocycles. The van der Waals surface area contributed by atoms with Crippen LogP contribution < -0.4 is 9.62 Å². The number of pyridine rings is 2. The summed E-state index contributed by atoms with van der Waals surface area (Å²) in [6.45, 7) is 2.64.